The molecule has 0 fully saturated rings. The Morgan fingerprint density at radius 2 is 1.65 bits per heavy atom. The van der Waals surface area contributed by atoms with E-state index in [1.165, 1.54) is 4.90 Å². The Balaban J connectivity index is 1.67. The predicted molar refractivity (Wildman–Crippen MR) is 125 cm³/mol. The summed E-state index contributed by atoms with van der Waals surface area (Å²) in [5.41, 5.74) is 6.76. The summed E-state index contributed by atoms with van der Waals surface area (Å²) in [5, 5.41) is 0.400. The van der Waals surface area contributed by atoms with E-state index in [4.69, 9.17) is 19.6 Å². The van der Waals surface area contributed by atoms with Gasteiger partial charge in [0, 0.05) is 5.69 Å². The Kier molecular flexibility index (Phi) is 5.25. The third-order valence-corrected chi connectivity index (χ3v) is 5.71. The van der Waals surface area contributed by atoms with Crippen molar-refractivity contribution in [1.29, 1.82) is 0 Å². The van der Waals surface area contributed by atoms with Crippen molar-refractivity contribution in [2.75, 3.05) is 18.6 Å². The van der Waals surface area contributed by atoms with Gasteiger partial charge in [-0.2, -0.15) is 0 Å². The van der Waals surface area contributed by atoms with Crippen molar-refractivity contribution in [3.05, 3.63) is 99.9 Å². The van der Waals surface area contributed by atoms with Crippen LogP contribution in [0.4, 0.5) is 5.69 Å². The molecule has 1 unspecified atom stereocenters. The molecule has 0 radical (unpaired) electrons. The normalized spacial score (nSPS) is 14.8. The van der Waals surface area contributed by atoms with Crippen LogP contribution in [0.15, 0.2) is 82.0 Å². The molecule has 1 aromatic heterocycles. The molecule has 1 aliphatic heterocycles. The molecular formula is C26H20N2O6. The number of carbonyl (C=O) groups is 2. The number of ether oxygens (including phenoxy) is 2. The first-order chi connectivity index (χ1) is 16.5. The molecule has 5 rings (SSSR count). The quantitative estimate of drug-likeness (QED) is 0.476. The molecule has 0 saturated carbocycles. The van der Waals surface area contributed by atoms with E-state index in [1.54, 1.807) is 79.9 Å². The molecule has 2 amide bonds. The van der Waals surface area contributed by atoms with Gasteiger partial charge >= 0.3 is 0 Å². The zero-order chi connectivity index (χ0) is 23.8. The SMILES string of the molecule is COc1ccc(N2C(=O)c3oc4ccccc4c(=O)c3C2c2ccc(OCC(N)=O)cc2)cc1. The smallest absolute Gasteiger partial charge is 0.295 e. The summed E-state index contributed by atoms with van der Waals surface area (Å²) in [6.07, 6.45) is 0. The van der Waals surface area contributed by atoms with Gasteiger partial charge in [0.15, 0.2) is 12.0 Å². The van der Waals surface area contributed by atoms with Gasteiger partial charge < -0.3 is 19.6 Å². The first kappa shape index (κ1) is 21.3. The molecule has 170 valence electrons. The van der Waals surface area contributed by atoms with Crippen LogP contribution < -0.4 is 25.5 Å². The molecule has 2 heterocycles. The monoisotopic (exact) mass is 456 g/mol. The molecule has 8 heteroatoms. The number of rotatable bonds is 6. The highest BCUT2D eigenvalue weighted by molar-refractivity contribution is 6.10. The molecule has 4 aromatic rings. The lowest BCUT2D eigenvalue weighted by Crippen LogP contribution is -2.29. The fourth-order valence-corrected chi connectivity index (χ4v) is 4.15. The number of primary amides is 1. The Labute approximate surface area is 194 Å². The van der Waals surface area contributed by atoms with E-state index in [-0.39, 0.29) is 23.4 Å². The maximum Gasteiger partial charge on any atom is 0.295 e. The third-order valence-electron chi connectivity index (χ3n) is 5.71. The van der Waals surface area contributed by atoms with Crippen LogP contribution in [-0.4, -0.2) is 25.5 Å². The number of amides is 2. The molecule has 0 aliphatic carbocycles. The van der Waals surface area contributed by atoms with Crippen LogP contribution in [0.2, 0.25) is 0 Å². The minimum absolute atomic E-state index is 0.0126. The summed E-state index contributed by atoms with van der Waals surface area (Å²) in [7, 11) is 1.56. The van der Waals surface area contributed by atoms with Crippen LogP contribution >= 0.6 is 0 Å². The van der Waals surface area contributed by atoms with Crippen molar-refractivity contribution >= 4 is 28.5 Å². The van der Waals surface area contributed by atoms with Gasteiger partial charge in [-0.15, -0.1) is 0 Å². The largest absolute Gasteiger partial charge is 0.497 e. The predicted octanol–water partition coefficient (Wildman–Crippen LogP) is 3.42. The molecule has 1 aliphatic rings. The van der Waals surface area contributed by atoms with Gasteiger partial charge in [-0.3, -0.25) is 19.3 Å². The van der Waals surface area contributed by atoms with E-state index in [1.807, 2.05) is 0 Å². The summed E-state index contributed by atoms with van der Waals surface area (Å²) < 4.78 is 16.5. The zero-order valence-electron chi connectivity index (χ0n) is 18.2. The fourth-order valence-electron chi connectivity index (χ4n) is 4.15. The number of nitrogens with zero attached hydrogens (tertiary/aromatic N) is 1. The summed E-state index contributed by atoms with van der Waals surface area (Å²) in [6, 6.07) is 19.9. The standard InChI is InChI=1S/C26H20N2O6/c1-32-17-12-8-16(9-13-17)28-23(15-6-10-18(11-7-15)33-14-21(27)29)22-24(30)19-4-2-3-5-20(19)34-25(22)26(28)31/h2-13,23H,14H2,1H3,(H2,27,29). The first-order valence-corrected chi connectivity index (χ1v) is 10.5. The van der Waals surface area contributed by atoms with Crippen LogP contribution in [0.1, 0.15) is 27.7 Å². The first-order valence-electron chi connectivity index (χ1n) is 10.5. The summed E-state index contributed by atoms with van der Waals surface area (Å²) in [6.45, 7) is -0.252. The fraction of sp³-hybridized carbons (Fsp3) is 0.115. The molecule has 0 saturated heterocycles. The molecule has 8 nitrogen and oxygen atoms in total. The van der Waals surface area contributed by atoms with Crippen LogP contribution in [-0.2, 0) is 4.79 Å². The van der Waals surface area contributed by atoms with Gasteiger partial charge in [-0.05, 0) is 54.1 Å². The number of fused-ring (bicyclic) bond motifs is 2. The van der Waals surface area contributed by atoms with Crippen LogP contribution in [0.25, 0.3) is 11.0 Å². The van der Waals surface area contributed by atoms with Crippen molar-refractivity contribution in [2.24, 2.45) is 5.73 Å². The molecule has 0 bridgehead atoms. The number of nitrogens with two attached hydrogens (primary N) is 1. The lowest BCUT2D eigenvalue weighted by atomic mass is 9.98. The number of para-hydroxylation sites is 1. The van der Waals surface area contributed by atoms with Gasteiger partial charge in [0.2, 0.25) is 5.76 Å². The Hall–Kier alpha value is -4.59. The highest BCUT2D eigenvalue weighted by Gasteiger charge is 2.43. The summed E-state index contributed by atoms with van der Waals surface area (Å²) in [4.78, 5) is 39.6. The highest BCUT2D eigenvalue weighted by atomic mass is 16.5. The van der Waals surface area contributed by atoms with Crippen molar-refractivity contribution in [1.82, 2.24) is 0 Å². The van der Waals surface area contributed by atoms with E-state index in [9.17, 15) is 14.4 Å². The lowest BCUT2D eigenvalue weighted by molar-refractivity contribution is -0.119. The van der Waals surface area contributed by atoms with Crippen molar-refractivity contribution < 1.29 is 23.5 Å². The Morgan fingerprint density at radius 3 is 2.32 bits per heavy atom. The summed E-state index contributed by atoms with van der Waals surface area (Å²) >= 11 is 0. The average molecular weight is 456 g/mol. The molecule has 3 aromatic carbocycles. The number of hydrogen-bond acceptors (Lipinski definition) is 6. The second-order valence-corrected chi connectivity index (χ2v) is 7.77. The van der Waals surface area contributed by atoms with E-state index in [2.05, 4.69) is 0 Å². The number of methoxy groups -OCH3 is 1. The maximum absolute atomic E-state index is 13.6. The molecule has 1 atom stereocenters. The van der Waals surface area contributed by atoms with Crippen molar-refractivity contribution in [3.63, 3.8) is 0 Å². The van der Waals surface area contributed by atoms with Gasteiger partial charge in [-0.1, -0.05) is 24.3 Å². The van der Waals surface area contributed by atoms with Crippen LogP contribution in [0.5, 0.6) is 11.5 Å². The second kappa shape index (κ2) is 8.40. The molecular weight excluding hydrogens is 436 g/mol. The minimum Gasteiger partial charge on any atom is -0.497 e. The van der Waals surface area contributed by atoms with Gasteiger partial charge in [-0.25, -0.2) is 0 Å². The molecule has 0 spiro atoms. The number of benzene rings is 3. The summed E-state index contributed by atoms with van der Waals surface area (Å²) in [5.74, 6) is 0.0872. The maximum atomic E-state index is 13.6. The third kappa shape index (κ3) is 3.55. The topological polar surface area (TPSA) is 112 Å². The van der Waals surface area contributed by atoms with Gasteiger partial charge in [0.05, 0.1) is 24.1 Å². The van der Waals surface area contributed by atoms with E-state index in [0.29, 0.717) is 33.7 Å². The minimum atomic E-state index is -0.720. The van der Waals surface area contributed by atoms with E-state index in [0.717, 1.165) is 0 Å². The zero-order valence-corrected chi connectivity index (χ0v) is 18.2. The van der Waals surface area contributed by atoms with E-state index < -0.39 is 17.9 Å². The lowest BCUT2D eigenvalue weighted by Gasteiger charge is -2.25. The highest BCUT2D eigenvalue weighted by Crippen LogP contribution is 2.41. The average Bonchev–Trinajstić information content (AvgIpc) is 3.15. The van der Waals surface area contributed by atoms with Crippen LogP contribution in [0, 0.1) is 0 Å². The molecule has 34 heavy (non-hydrogen) atoms. The van der Waals surface area contributed by atoms with Crippen molar-refractivity contribution in [2.45, 2.75) is 6.04 Å². The van der Waals surface area contributed by atoms with Crippen molar-refractivity contribution in [3.8, 4) is 11.5 Å². The van der Waals surface area contributed by atoms with Crippen LogP contribution in [0.3, 0.4) is 0 Å². The van der Waals surface area contributed by atoms with Gasteiger partial charge in [0.1, 0.15) is 17.1 Å². The van der Waals surface area contributed by atoms with E-state index >= 15 is 0 Å². The molecule has 2 N–H and O–H groups in total. The second-order valence-electron chi connectivity index (χ2n) is 7.77. The Morgan fingerprint density at radius 1 is 0.971 bits per heavy atom. The number of anilines is 1. The number of carbonyl (C=O) groups excluding carboxylic acids is 2. The Bertz CT molecular complexity index is 1460. The van der Waals surface area contributed by atoms with Gasteiger partial charge in [0.25, 0.3) is 11.8 Å². The number of hydrogen-bond donors (Lipinski definition) is 1.